The van der Waals surface area contributed by atoms with Gasteiger partial charge < -0.3 is 10.8 Å². The van der Waals surface area contributed by atoms with Crippen molar-refractivity contribution in [2.45, 2.75) is 37.5 Å². The molecule has 2 nitrogen and oxygen atoms in total. The minimum Gasteiger partial charge on any atom is -0.397 e. The third kappa shape index (κ3) is 2.82. The average Bonchev–Trinajstić information content (AvgIpc) is 3.12. The molecule has 0 aliphatic heterocycles. The molecule has 19 heavy (non-hydrogen) atoms. The predicted molar refractivity (Wildman–Crippen MR) is 67.8 cm³/mol. The summed E-state index contributed by atoms with van der Waals surface area (Å²) < 4.78 is 39.7. The number of anilines is 1. The van der Waals surface area contributed by atoms with E-state index >= 15 is 0 Å². The Kier molecular flexibility index (Phi) is 3.71. The molecule has 3 N–H and O–H groups in total. The molecule has 1 aliphatic carbocycles. The Labute approximate surface area is 114 Å². The van der Waals surface area contributed by atoms with Gasteiger partial charge in [0.05, 0.1) is 10.7 Å². The number of rotatable bonds is 4. The van der Waals surface area contributed by atoms with Crippen molar-refractivity contribution in [2.75, 3.05) is 5.73 Å². The first kappa shape index (κ1) is 14.5. The van der Waals surface area contributed by atoms with Crippen LogP contribution in [0.4, 0.5) is 18.9 Å². The number of hydrogen-bond donors (Lipinski definition) is 2. The number of hydrogen-bond acceptors (Lipinski definition) is 2. The second-order valence-corrected chi connectivity index (χ2v) is 5.45. The van der Waals surface area contributed by atoms with Crippen LogP contribution in [0.15, 0.2) is 18.2 Å². The molecule has 0 saturated heterocycles. The van der Waals surface area contributed by atoms with E-state index in [2.05, 4.69) is 0 Å². The Morgan fingerprint density at radius 1 is 1.32 bits per heavy atom. The number of benzene rings is 1. The molecule has 1 aromatic carbocycles. The molecule has 106 valence electrons. The Morgan fingerprint density at radius 3 is 2.47 bits per heavy atom. The highest BCUT2D eigenvalue weighted by molar-refractivity contribution is 6.33. The third-order valence-electron chi connectivity index (χ3n) is 3.58. The molecule has 1 aromatic rings. The number of aliphatic hydroxyl groups is 1. The summed E-state index contributed by atoms with van der Waals surface area (Å²) in [6, 6.07) is 3.95. The zero-order valence-electron chi connectivity index (χ0n) is 10.2. The third-order valence-corrected chi connectivity index (χ3v) is 3.91. The maximum absolute atomic E-state index is 13.2. The van der Waals surface area contributed by atoms with E-state index in [9.17, 15) is 18.3 Å². The second-order valence-electron chi connectivity index (χ2n) is 5.04. The fourth-order valence-corrected chi connectivity index (χ4v) is 2.32. The molecule has 1 atom stereocenters. The molecule has 0 bridgehead atoms. The molecule has 1 unspecified atom stereocenters. The minimum absolute atomic E-state index is 0.0200. The number of halogens is 4. The summed E-state index contributed by atoms with van der Waals surface area (Å²) in [6.07, 6.45) is -2.97. The average molecular weight is 294 g/mol. The number of nitrogen functional groups attached to an aromatic ring is 1. The molecular formula is C13H15ClF3NO. The lowest BCUT2D eigenvalue weighted by Crippen LogP contribution is -2.43. The van der Waals surface area contributed by atoms with Gasteiger partial charge in [-0.15, -0.1) is 0 Å². The van der Waals surface area contributed by atoms with E-state index in [0.29, 0.717) is 6.42 Å². The summed E-state index contributed by atoms with van der Waals surface area (Å²) in [5.74, 6) is 0.286. The van der Waals surface area contributed by atoms with E-state index in [1.807, 2.05) is 0 Å². The molecule has 0 aromatic heterocycles. The van der Waals surface area contributed by atoms with Crippen LogP contribution in [-0.2, 0) is 5.60 Å². The smallest absolute Gasteiger partial charge is 0.397 e. The second kappa shape index (κ2) is 4.87. The van der Waals surface area contributed by atoms with Crippen LogP contribution >= 0.6 is 11.6 Å². The van der Waals surface area contributed by atoms with Crippen LogP contribution < -0.4 is 5.73 Å². The maximum Gasteiger partial charge on any atom is 0.421 e. The molecule has 2 rings (SSSR count). The zero-order chi connectivity index (χ0) is 14.3. The highest BCUT2D eigenvalue weighted by Crippen LogP contribution is 2.48. The van der Waals surface area contributed by atoms with E-state index < -0.39 is 11.8 Å². The SMILES string of the molecule is Nc1c(Cl)cccc1C(O)(CCC1CC1)C(F)(F)F. The molecule has 0 spiro atoms. The molecular weight excluding hydrogens is 279 g/mol. The normalized spacial score (nSPS) is 19.2. The Hall–Kier alpha value is -0.940. The van der Waals surface area contributed by atoms with Crippen molar-refractivity contribution in [3.8, 4) is 0 Å². The van der Waals surface area contributed by atoms with Crippen LogP contribution in [0.1, 0.15) is 31.2 Å². The van der Waals surface area contributed by atoms with Crippen LogP contribution in [0.3, 0.4) is 0 Å². The zero-order valence-corrected chi connectivity index (χ0v) is 10.9. The summed E-state index contributed by atoms with van der Waals surface area (Å²) in [7, 11) is 0. The quantitative estimate of drug-likeness (QED) is 0.828. The lowest BCUT2D eigenvalue weighted by Gasteiger charge is -2.32. The fraction of sp³-hybridized carbons (Fsp3) is 0.538. The van der Waals surface area contributed by atoms with Gasteiger partial charge in [-0.3, -0.25) is 0 Å². The van der Waals surface area contributed by atoms with Gasteiger partial charge in [-0.05, 0) is 24.8 Å². The lowest BCUT2D eigenvalue weighted by molar-refractivity contribution is -0.269. The van der Waals surface area contributed by atoms with Gasteiger partial charge in [-0.2, -0.15) is 13.2 Å². The molecule has 0 heterocycles. The maximum atomic E-state index is 13.2. The fourth-order valence-electron chi connectivity index (χ4n) is 2.15. The summed E-state index contributed by atoms with van der Waals surface area (Å²) in [5.41, 5.74) is 2.11. The van der Waals surface area contributed by atoms with E-state index in [1.54, 1.807) is 0 Å². The molecule has 0 radical (unpaired) electrons. The lowest BCUT2D eigenvalue weighted by atomic mass is 9.86. The summed E-state index contributed by atoms with van der Waals surface area (Å²) in [4.78, 5) is 0. The van der Waals surface area contributed by atoms with Crippen molar-refractivity contribution in [1.29, 1.82) is 0 Å². The van der Waals surface area contributed by atoms with Crippen molar-refractivity contribution >= 4 is 17.3 Å². The Balaban J connectivity index is 2.38. The molecule has 1 fully saturated rings. The summed E-state index contributed by atoms with van der Waals surface area (Å²) >= 11 is 5.74. The van der Waals surface area contributed by atoms with Crippen molar-refractivity contribution < 1.29 is 18.3 Å². The highest BCUT2D eigenvalue weighted by Gasteiger charge is 2.55. The molecule has 6 heteroatoms. The predicted octanol–water partition coefficient (Wildman–Crippen LogP) is 3.86. The van der Waals surface area contributed by atoms with Crippen molar-refractivity contribution in [2.24, 2.45) is 5.92 Å². The van der Waals surface area contributed by atoms with Gasteiger partial charge in [0, 0.05) is 5.56 Å². The van der Waals surface area contributed by atoms with Gasteiger partial charge in [0.2, 0.25) is 0 Å². The van der Waals surface area contributed by atoms with E-state index in [4.69, 9.17) is 17.3 Å². The van der Waals surface area contributed by atoms with E-state index in [0.717, 1.165) is 12.8 Å². The molecule has 1 aliphatic rings. The minimum atomic E-state index is -4.78. The van der Waals surface area contributed by atoms with E-state index in [-0.39, 0.29) is 28.6 Å². The largest absolute Gasteiger partial charge is 0.421 e. The number of nitrogens with two attached hydrogens (primary N) is 1. The van der Waals surface area contributed by atoms with Gasteiger partial charge in [0.15, 0.2) is 5.60 Å². The summed E-state index contributed by atoms with van der Waals surface area (Å²) in [6.45, 7) is 0. The van der Waals surface area contributed by atoms with Gasteiger partial charge >= 0.3 is 6.18 Å². The van der Waals surface area contributed by atoms with Crippen molar-refractivity contribution in [1.82, 2.24) is 0 Å². The standard InChI is InChI=1S/C13H15ClF3NO/c14-10-3-1-2-9(11(10)18)12(19,13(15,16)17)7-6-8-4-5-8/h1-3,8,19H,4-7,18H2. The van der Waals surface area contributed by atoms with Crippen LogP contribution in [0.25, 0.3) is 0 Å². The Morgan fingerprint density at radius 2 is 1.95 bits per heavy atom. The number of para-hydroxylation sites is 1. The van der Waals surface area contributed by atoms with Crippen LogP contribution in [-0.4, -0.2) is 11.3 Å². The Bertz CT molecular complexity index is 473. The van der Waals surface area contributed by atoms with Gasteiger partial charge in [-0.25, -0.2) is 0 Å². The first-order valence-corrected chi connectivity index (χ1v) is 6.47. The first-order chi connectivity index (χ1) is 8.75. The molecule has 0 amide bonds. The highest BCUT2D eigenvalue weighted by atomic mass is 35.5. The van der Waals surface area contributed by atoms with Crippen molar-refractivity contribution in [3.05, 3.63) is 28.8 Å². The van der Waals surface area contributed by atoms with Gasteiger partial charge in [-0.1, -0.05) is 36.6 Å². The van der Waals surface area contributed by atoms with Gasteiger partial charge in [0.1, 0.15) is 0 Å². The van der Waals surface area contributed by atoms with Crippen LogP contribution in [0, 0.1) is 5.92 Å². The van der Waals surface area contributed by atoms with Crippen molar-refractivity contribution in [3.63, 3.8) is 0 Å². The number of alkyl halides is 3. The van der Waals surface area contributed by atoms with Gasteiger partial charge in [0.25, 0.3) is 0 Å². The van der Waals surface area contributed by atoms with E-state index in [1.165, 1.54) is 18.2 Å². The summed E-state index contributed by atoms with van der Waals surface area (Å²) in [5, 5.41) is 10.2. The molecule has 1 saturated carbocycles. The monoisotopic (exact) mass is 293 g/mol. The van der Waals surface area contributed by atoms with Crippen LogP contribution in [0.5, 0.6) is 0 Å². The topological polar surface area (TPSA) is 46.2 Å². The van der Waals surface area contributed by atoms with Crippen LogP contribution in [0.2, 0.25) is 5.02 Å². The first-order valence-electron chi connectivity index (χ1n) is 6.09.